The first kappa shape index (κ1) is 8.02. The van der Waals surface area contributed by atoms with Crippen molar-refractivity contribution >= 4 is 0 Å². The first-order chi connectivity index (χ1) is 4.77. The molecule has 0 radical (unpaired) electrons. The van der Waals surface area contributed by atoms with E-state index < -0.39 is 0 Å². The van der Waals surface area contributed by atoms with Gasteiger partial charge in [-0.15, -0.1) is 0 Å². The Morgan fingerprint density at radius 3 is 2.60 bits per heavy atom. The highest BCUT2D eigenvalue weighted by Crippen LogP contribution is 2.33. The van der Waals surface area contributed by atoms with Crippen LogP contribution in [0.25, 0.3) is 0 Å². The van der Waals surface area contributed by atoms with Crippen molar-refractivity contribution in [3.8, 4) is 0 Å². The third-order valence-electron chi connectivity index (χ3n) is 2.14. The molecule has 0 bridgehead atoms. The van der Waals surface area contributed by atoms with Crippen molar-refractivity contribution < 1.29 is 5.11 Å². The maximum atomic E-state index is 8.48. The zero-order valence-electron chi connectivity index (χ0n) is 6.69. The molecule has 0 aromatic carbocycles. The number of hydrogen-bond acceptors (Lipinski definition) is 2. The zero-order valence-corrected chi connectivity index (χ0v) is 6.69. The van der Waals surface area contributed by atoms with Gasteiger partial charge in [0.2, 0.25) is 0 Å². The Bertz CT molecular complexity index is 99.4. The number of aliphatic hydroxyl groups excluding tert-OH is 1. The highest BCUT2D eigenvalue weighted by atomic mass is 16.2. The van der Waals surface area contributed by atoms with Crippen LogP contribution < -0.4 is 5.32 Å². The average Bonchev–Trinajstić information content (AvgIpc) is 2.62. The molecule has 1 rings (SSSR count). The number of unbranched alkanes of at least 4 members (excludes halogenated alkanes) is 1. The second kappa shape index (κ2) is 3.35. The minimum Gasteiger partial charge on any atom is -0.396 e. The van der Waals surface area contributed by atoms with E-state index >= 15 is 0 Å². The summed E-state index contributed by atoms with van der Waals surface area (Å²) >= 11 is 0. The van der Waals surface area contributed by atoms with Crippen LogP contribution in [0.15, 0.2) is 0 Å². The molecule has 60 valence electrons. The average molecular weight is 143 g/mol. The fraction of sp³-hybridized carbons (Fsp3) is 1.00. The molecule has 0 amide bonds. The van der Waals surface area contributed by atoms with Gasteiger partial charge in [0.05, 0.1) is 0 Å². The molecule has 2 nitrogen and oxygen atoms in total. The van der Waals surface area contributed by atoms with Crippen LogP contribution in [0.5, 0.6) is 0 Å². The second-order valence-electron chi connectivity index (χ2n) is 3.42. The van der Waals surface area contributed by atoms with E-state index in [-0.39, 0.29) is 0 Å². The van der Waals surface area contributed by atoms with Crippen LogP contribution in [0.3, 0.4) is 0 Å². The van der Waals surface area contributed by atoms with Crippen LogP contribution in [0.4, 0.5) is 0 Å². The van der Waals surface area contributed by atoms with Crippen molar-refractivity contribution in [2.75, 3.05) is 13.2 Å². The Hall–Kier alpha value is -0.0800. The molecule has 2 heteroatoms. The van der Waals surface area contributed by atoms with E-state index in [4.69, 9.17) is 5.11 Å². The van der Waals surface area contributed by atoms with E-state index in [9.17, 15) is 0 Å². The van der Waals surface area contributed by atoms with Gasteiger partial charge in [-0.25, -0.2) is 0 Å². The van der Waals surface area contributed by atoms with Crippen LogP contribution in [0.2, 0.25) is 0 Å². The maximum Gasteiger partial charge on any atom is 0.0431 e. The smallest absolute Gasteiger partial charge is 0.0431 e. The molecule has 0 aliphatic heterocycles. The predicted octanol–water partition coefficient (Wildman–Crippen LogP) is 0.901. The Morgan fingerprint density at radius 1 is 1.40 bits per heavy atom. The minimum atomic E-state index is 0.332. The lowest BCUT2D eigenvalue weighted by Crippen LogP contribution is -2.28. The normalized spacial score (nSPS) is 21.0. The van der Waals surface area contributed by atoms with Gasteiger partial charge in [-0.05, 0) is 39.2 Å². The van der Waals surface area contributed by atoms with Gasteiger partial charge in [-0.3, -0.25) is 0 Å². The summed E-state index contributed by atoms with van der Waals surface area (Å²) in [5.74, 6) is 0. The largest absolute Gasteiger partial charge is 0.396 e. The molecule has 0 saturated heterocycles. The highest BCUT2D eigenvalue weighted by molar-refractivity contribution is 4.96. The number of nitrogens with one attached hydrogen (secondary N) is 1. The summed E-state index contributed by atoms with van der Waals surface area (Å²) < 4.78 is 0. The van der Waals surface area contributed by atoms with Crippen LogP contribution in [-0.4, -0.2) is 23.8 Å². The standard InChI is InChI=1S/C8H17NO/c1-8(4-5-8)9-6-2-3-7-10/h9-10H,2-7H2,1H3. The molecule has 0 unspecified atom stereocenters. The van der Waals surface area contributed by atoms with E-state index in [1.165, 1.54) is 12.8 Å². The zero-order chi connectivity index (χ0) is 7.45. The summed E-state index contributed by atoms with van der Waals surface area (Å²) in [4.78, 5) is 0. The molecule has 0 heterocycles. The molecule has 10 heavy (non-hydrogen) atoms. The van der Waals surface area contributed by atoms with Gasteiger partial charge in [-0.2, -0.15) is 0 Å². The summed E-state index contributed by atoms with van der Waals surface area (Å²) in [7, 11) is 0. The predicted molar refractivity (Wildman–Crippen MR) is 42.0 cm³/mol. The lowest BCUT2D eigenvalue weighted by molar-refractivity contribution is 0.282. The minimum absolute atomic E-state index is 0.332. The van der Waals surface area contributed by atoms with E-state index in [0.717, 1.165) is 19.4 Å². The van der Waals surface area contributed by atoms with Gasteiger partial charge >= 0.3 is 0 Å². The number of hydrogen-bond donors (Lipinski definition) is 2. The van der Waals surface area contributed by atoms with Crippen LogP contribution in [-0.2, 0) is 0 Å². The van der Waals surface area contributed by atoms with Crippen LogP contribution in [0, 0.1) is 0 Å². The van der Waals surface area contributed by atoms with Gasteiger partial charge in [0.1, 0.15) is 0 Å². The molecule has 0 aromatic rings. The van der Waals surface area contributed by atoms with Crippen molar-refractivity contribution in [1.29, 1.82) is 0 Å². The van der Waals surface area contributed by atoms with Crippen molar-refractivity contribution in [2.45, 2.75) is 38.1 Å². The van der Waals surface area contributed by atoms with Gasteiger partial charge in [0, 0.05) is 12.1 Å². The van der Waals surface area contributed by atoms with E-state index in [1.807, 2.05) is 0 Å². The van der Waals surface area contributed by atoms with E-state index in [1.54, 1.807) is 0 Å². The third kappa shape index (κ3) is 2.67. The van der Waals surface area contributed by atoms with Crippen molar-refractivity contribution in [2.24, 2.45) is 0 Å². The first-order valence-corrected chi connectivity index (χ1v) is 4.13. The van der Waals surface area contributed by atoms with Gasteiger partial charge in [-0.1, -0.05) is 0 Å². The summed E-state index contributed by atoms with van der Waals surface area (Å²) in [6.45, 7) is 3.65. The summed E-state index contributed by atoms with van der Waals surface area (Å²) in [6.07, 6.45) is 4.69. The molecule has 0 atom stereocenters. The monoisotopic (exact) mass is 143 g/mol. The molecular weight excluding hydrogens is 126 g/mol. The Labute approximate surface area is 62.6 Å². The fourth-order valence-electron chi connectivity index (χ4n) is 0.991. The van der Waals surface area contributed by atoms with Crippen molar-refractivity contribution in [3.63, 3.8) is 0 Å². The Balaban J connectivity index is 1.86. The van der Waals surface area contributed by atoms with Gasteiger partial charge in [0.25, 0.3) is 0 Å². The Morgan fingerprint density at radius 2 is 2.10 bits per heavy atom. The van der Waals surface area contributed by atoms with E-state index in [0.29, 0.717) is 12.1 Å². The molecule has 1 saturated carbocycles. The summed E-state index contributed by atoms with van der Waals surface area (Å²) in [5, 5.41) is 11.9. The second-order valence-corrected chi connectivity index (χ2v) is 3.42. The van der Waals surface area contributed by atoms with E-state index in [2.05, 4.69) is 12.2 Å². The number of rotatable bonds is 5. The van der Waals surface area contributed by atoms with Crippen LogP contribution in [0.1, 0.15) is 32.6 Å². The number of aliphatic hydroxyl groups is 1. The molecule has 0 spiro atoms. The topological polar surface area (TPSA) is 32.3 Å². The maximum absolute atomic E-state index is 8.48. The quantitative estimate of drug-likeness (QED) is 0.560. The molecule has 2 N–H and O–H groups in total. The SMILES string of the molecule is CC1(NCCCCO)CC1. The van der Waals surface area contributed by atoms with Crippen LogP contribution >= 0.6 is 0 Å². The molecule has 1 fully saturated rings. The summed E-state index contributed by atoms with van der Waals surface area (Å²) in [6, 6.07) is 0. The first-order valence-electron chi connectivity index (χ1n) is 4.13. The third-order valence-corrected chi connectivity index (χ3v) is 2.14. The highest BCUT2D eigenvalue weighted by Gasteiger charge is 2.35. The molecular formula is C8H17NO. The Kier molecular flexibility index (Phi) is 2.69. The molecule has 1 aliphatic rings. The van der Waals surface area contributed by atoms with Crippen molar-refractivity contribution in [1.82, 2.24) is 5.32 Å². The molecule has 1 aliphatic carbocycles. The van der Waals surface area contributed by atoms with Gasteiger partial charge in [0.15, 0.2) is 0 Å². The lowest BCUT2D eigenvalue weighted by Gasteiger charge is -2.09. The lowest BCUT2D eigenvalue weighted by atomic mass is 10.3. The van der Waals surface area contributed by atoms with Gasteiger partial charge < -0.3 is 10.4 Å². The van der Waals surface area contributed by atoms with Crippen molar-refractivity contribution in [3.05, 3.63) is 0 Å². The molecule has 0 aromatic heterocycles. The summed E-state index contributed by atoms with van der Waals surface area (Å²) in [5.41, 5.74) is 0.468. The fourth-order valence-corrected chi connectivity index (χ4v) is 0.991.